The average molecular weight is 435 g/mol. The first-order valence-corrected chi connectivity index (χ1v) is 9.53. The van der Waals surface area contributed by atoms with E-state index in [2.05, 4.69) is 36.0 Å². The Morgan fingerprint density at radius 3 is 1.81 bits per heavy atom. The Bertz CT molecular complexity index is 574. The molecule has 27 heavy (non-hydrogen) atoms. The van der Waals surface area contributed by atoms with Crippen molar-refractivity contribution in [2.24, 2.45) is 0 Å². The Kier molecular flexibility index (Phi) is 14.1. The van der Waals surface area contributed by atoms with Crippen LogP contribution in [0.5, 0.6) is 0 Å². The van der Waals surface area contributed by atoms with Gasteiger partial charge in [0.2, 0.25) is 0 Å². The van der Waals surface area contributed by atoms with Crippen molar-refractivity contribution in [1.29, 1.82) is 0 Å². The minimum atomic E-state index is 0. The van der Waals surface area contributed by atoms with Gasteiger partial charge in [0.25, 0.3) is 0 Å². The van der Waals surface area contributed by atoms with E-state index < -0.39 is 0 Å². The maximum absolute atomic E-state index is 4.59. The van der Waals surface area contributed by atoms with Crippen LogP contribution in [0.1, 0.15) is 37.7 Å². The van der Waals surface area contributed by atoms with Gasteiger partial charge in [0.1, 0.15) is 0 Å². The van der Waals surface area contributed by atoms with Crippen LogP contribution >= 0.6 is 0 Å². The predicted molar refractivity (Wildman–Crippen MR) is 113 cm³/mol. The number of rotatable bonds is 4. The van der Waals surface area contributed by atoms with Gasteiger partial charge in [-0.1, -0.05) is 38.2 Å². The molecule has 1 fully saturated rings. The monoisotopic (exact) mass is 433 g/mol. The number of hydrogen-bond acceptors (Lipinski definition) is 0. The van der Waals surface area contributed by atoms with E-state index in [9.17, 15) is 0 Å². The summed E-state index contributed by atoms with van der Waals surface area (Å²) >= 11 is 0. The zero-order chi connectivity index (χ0) is 18.1. The number of nitrogens with zero attached hydrogens (tertiary/aromatic N) is 1. The van der Waals surface area contributed by atoms with E-state index in [1.54, 1.807) is 0 Å². The van der Waals surface area contributed by atoms with Gasteiger partial charge in [0, 0.05) is 0 Å². The molecule has 0 unspecified atom stereocenters. The summed E-state index contributed by atoms with van der Waals surface area (Å²) in [6.07, 6.45) is 12.8. The first kappa shape index (κ1) is 23.3. The minimum absolute atomic E-state index is 0. The fourth-order valence-electron chi connectivity index (χ4n) is 2.76. The van der Waals surface area contributed by atoms with E-state index in [1.165, 1.54) is 37.7 Å². The molecule has 1 aliphatic rings. The number of hydrogen-bond donors (Lipinski definition) is 0. The molecular weight excluding hydrogens is 406 g/mol. The summed E-state index contributed by atoms with van der Waals surface area (Å²) in [7, 11) is 0. The van der Waals surface area contributed by atoms with Crippen LogP contribution in [0.4, 0.5) is 0 Å². The van der Waals surface area contributed by atoms with Crippen molar-refractivity contribution >= 4 is 0 Å². The maximum Gasteiger partial charge on any atom is 4.00 e. The molecule has 0 aliphatic heterocycles. The summed E-state index contributed by atoms with van der Waals surface area (Å²) in [5.41, 5.74) is 1.23. The Hall–Kier alpha value is -1.79. The summed E-state index contributed by atoms with van der Waals surface area (Å²) in [5.74, 6) is 0. The van der Waals surface area contributed by atoms with Crippen LogP contribution in [0.25, 0.3) is 5.32 Å². The van der Waals surface area contributed by atoms with Crippen molar-refractivity contribution in [2.75, 3.05) is 0 Å². The van der Waals surface area contributed by atoms with Crippen LogP contribution in [0.3, 0.4) is 0 Å². The van der Waals surface area contributed by atoms with E-state index in [-0.39, 0.29) is 26.2 Å². The zero-order valence-corrected chi connectivity index (χ0v) is 18.4. The molecule has 0 atom stereocenters. The summed E-state index contributed by atoms with van der Waals surface area (Å²) in [5, 5.41) is 4.59. The van der Waals surface area contributed by atoms with Crippen molar-refractivity contribution in [3.05, 3.63) is 121 Å². The third kappa shape index (κ3) is 12.3. The van der Waals surface area contributed by atoms with Gasteiger partial charge >= 0.3 is 26.2 Å². The third-order valence-electron chi connectivity index (χ3n) is 4.16. The average Bonchev–Trinajstić information content (AvgIpc) is 3.46. The molecule has 1 aliphatic carbocycles. The smallest absolute Gasteiger partial charge is 0.731 e. The van der Waals surface area contributed by atoms with Crippen LogP contribution < -0.4 is 0 Å². The van der Waals surface area contributed by atoms with Gasteiger partial charge in [-0.05, 0) is 0 Å². The first-order valence-electron chi connectivity index (χ1n) is 9.53. The number of allylic oxidation sites excluding steroid dienone is 1. The SMILES string of the molecule is C(=C[N-]C1CCCCC1)[CH-]c1ccccc1.[Zr+4].c1cc[cH-]c1.c1cc[cH-]c1. The second-order valence-electron chi connectivity index (χ2n) is 6.28. The first-order chi connectivity index (χ1) is 12.9. The van der Waals surface area contributed by atoms with Gasteiger partial charge in [0.15, 0.2) is 0 Å². The predicted octanol–water partition coefficient (Wildman–Crippen LogP) is 7.27. The Balaban J connectivity index is 0.000000270. The molecule has 0 spiro atoms. The van der Waals surface area contributed by atoms with Crippen molar-refractivity contribution < 1.29 is 26.2 Å². The van der Waals surface area contributed by atoms with Gasteiger partial charge < -0.3 is 5.32 Å². The van der Waals surface area contributed by atoms with Crippen LogP contribution in [0.2, 0.25) is 0 Å². The van der Waals surface area contributed by atoms with Gasteiger partial charge in [0.05, 0.1) is 0 Å². The zero-order valence-electron chi connectivity index (χ0n) is 16.0. The molecule has 0 saturated heterocycles. The second-order valence-corrected chi connectivity index (χ2v) is 6.28. The second kappa shape index (κ2) is 16.4. The topological polar surface area (TPSA) is 14.1 Å². The Labute approximate surface area is 184 Å². The molecule has 138 valence electrons. The molecule has 3 aromatic carbocycles. The molecule has 1 saturated carbocycles. The van der Waals surface area contributed by atoms with Crippen LogP contribution in [0.15, 0.2) is 103 Å². The molecule has 0 bridgehead atoms. The largest absolute Gasteiger partial charge is 4.00 e. The van der Waals surface area contributed by atoms with E-state index >= 15 is 0 Å². The Morgan fingerprint density at radius 1 is 0.778 bits per heavy atom. The Morgan fingerprint density at radius 2 is 1.33 bits per heavy atom. The summed E-state index contributed by atoms with van der Waals surface area (Å²) in [6, 6.07) is 30.9. The molecule has 1 nitrogen and oxygen atoms in total. The van der Waals surface area contributed by atoms with Crippen LogP contribution in [-0.4, -0.2) is 6.04 Å². The molecule has 0 heterocycles. The van der Waals surface area contributed by atoms with Crippen molar-refractivity contribution in [2.45, 2.75) is 38.1 Å². The molecule has 3 aromatic rings. The van der Waals surface area contributed by atoms with Crippen molar-refractivity contribution in [3.63, 3.8) is 0 Å². The molecule has 2 heteroatoms. The third-order valence-corrected chi connectivity index (χ3v) is 4.16. The van der Waals surface area contributed by atoms with Gasteiger partial charge in [-0.25, -0.2) is 24.3 Å². The molecule has 0 radical (unpaired) electrons. The van der Waals surface area contributed by atoms with E-state index in [0.29, 0.717) is 6.04 Å². The summed E-state index contributed by atoms with van der Waals surface area (Å²) in [4.78, 5) is 0. The van der Waals surface area contributed by atoms with Crippen LogP contribution in [0, 0.1) is 6.42 Å². The molecular formula is C25H29NZr. The van der Waals surface area contributed by atoms with Gasteiger partial charge in [-0.15, -0.1) is 42.3 Å². The normalized spacial score (nSPS) is 13.3. The van der Waals surface area contributed by atoms with Gasteiger partial charge in [-0.3, -0.25) is 6.20 Å². The molecule has 0 amide bonds. The van der Waals surface area contributed by atoms with Crippen LogP contribution in [-0.2, 0) is 26.2 Å². The fraction of sp³-hybridized carbons (Fsp3) is 0.240. The molecule has 4 rings (SSSR count). The maximum atomic E-state index is 4.59. The van der Waals surface area contributed by atoms with Crippen molar-refractivity contribution in [3.8, 4) is 0 Å². The van der Waals surface area contributed by atoms with E-state index in [0.717, 1.165) is 0 Å². The molecule has 0 N–H and O–H groups in total. The van der Waals surface area contributed by atoms with Gasteiger partial charge in [-0.2, -0.15) is 42.5 Å². The van der Waals surface area contributed by atoms with E-state index in [1.807, 2.05) is 79.0 Å². The number of benzene rings is 1. The molecule has 0 aromatic heterocycles. The standard InChI is InChI=1S/C15H19N.2C5H5.Zr/c1-3-8-14(9-4-1)10-7-13-16-15-11-5-2-6-12-15;2*1-2-4-5-3-1;/h1,3-4,7-10,13,15H,2,5-6,11-12H2;2*1-5H;/q-2;2*-1;+4. The summed E-state index contributed by atoms with van der Waals surface area (Å²) < 4.78 is 0. The quantitative estimate of drug-likeness (QED) is 0.383. The van der Waals surface area contributed by atoms with Crippen molar-refractivity contribution in [1.82, 2.24) is 0 Å². The minimum Gasteiger partial charge on any atom is -0.731 e. The van der Waals surface area contributed by atoms with E-state index in [4.69, 9.17) is 0 Å². The fourth-order valence-corrected chi connectivity index (χ4v) is 2.76. The summed E-state index contributed by atoms with van der Waals surface area (Å²) in [6.45, 7) is 0.